The third-order valence-corrected chi connectivity index (χ3v) is 5.58. The van der Waals surface area contributed by atoms with E-state index in [9.17, 15) is 19.2 Å². The molecule has 0 radical (unpaired) electrons. The highest BCUT2D eigenvalue weighted by Gasteiger charge is 2.47. The van der Waals surface area contributed by atoms with E-state index in [4.69, 9.17) is 0 Å². The number of rotatable bonds is 8. The largest absolute Gasteiger partial charge is 0.352 e. The van der Waals surface area contributed by atoms with Crippen LogP contribution in [0, 0.1) is 0 Å². The number of nitrogens with zero attached hydrogens (tertiary/aromatic N) is 1. The quantitative estimate of drug-likeness (QED) is 0.592. The summed E-state index contributed by atoms with van der Waals surface area (Å²) in [7, 11) is 0. The molecule has 0 bridgehead atoms. The van der Waals surface area contributed by atoms with Gasteiger partial charge in [0.05, 0.1) is 6.54 Å². The van der Waals surface area contributed by atoms with Gasteiger partial charge in [-0.3, -0.25) is 19.2 Å². The second-order valence-corrected chi connectivity index (χ2v) is 8.03. The summed E-state index contributed by atoms with van der Waals surface area (Å²) >= 11 is 0. The lowest BCUT2D eigenvalue weighted by Gasteiger charge is -2.24. The first-order valence-electron chi connectivity index (χ1n) is 10.9. The van der Waals surface area contributed by atoms with Gasteiger partial charge >= 0.3 is 0 Å². The molecule has 1 aliphatic heterocycles. The molecular formula is C24H26N4O4. The Morgan fingerprint density at radius 2 is 1.72 bits per heavy atom. The summed E-state index contributed by atoms with van der Waals surface area (Å²) in [4.78, 5) is 51.6. The fraction of sp³-hybridized carbons (Fsp3) is 0.333. The van der Waals surface area contributed by atoms with E-state index in [0.29, 0.717) is 28.9 Å². The highest BCUT2D eigenvalue weighted by molar-refractivity contribution is 6.05. The third kappa shape index (κ3) is 4.49. The molecular weight excluding hydrogens is 408 g/mol. The molecule has 1 aliphatic carbocycles. The van der Waals surface area contributed by atoms with Crippen LogP contribution in [-0.4, -0.2) is 47.7 Å². The molecule has 1 fully saturated rings. The molecule has 2 aromatic carbocycles. The molecule has 4 rings (SSSR count). The molecule has 1 heterocycles. The number of fused-ring (bicyclic) bond motifs is 1. The zero-order chi connectivity index (χ0) is 22.7. The number of amides is 4. The van der Waals surface area contributed by atoms with E-state index in [0.717, 1.165) is 19.3 Å². The molecule has 0 saturated heterocycles. The lowest BCUT2D eigenvalue weighted by atomic mass is 10.0. The number of carbonyl (C=O) groups is 4. The lowest BCUT2D eigenvalue weighted by molar-refractivity contribution is -0.127. The molecule has 166 valence electrons. The van der Waals surface area contributed by atoms with Gasteiger partial charge in [-0.1, -0.05) is 25.1 Å². The van der Waals surface area contributed by atoms with Gasteiger partial charge in [-0.2, -0.15) is 0 Å². The number of anilines is 1. The van der Waals surface area contributed by atoms with Crippen molar-refractivity contribution in [3.05, 3.63) is 65.2 Å². The van der Waals surface area contributed by atoms with Gasteiger partial charge in [0.2, 0.25) is 11.8 Å². The van der Waals surface area contributed by atoms with Crippen molar-refractivity contribution in [3.8, 4) is 0 Å². The average Bonchev–Trinajstić information content (AvgIpc) is 3.60. The molecule has 0 aromatic heterocycles. The van der Waals surface area contributed by atoms with Crippen LogP contribution in [-0.2, 0) is 9.59 Å². The van der Waals surface area contributed by atoms with Gasteiger partial charge in [0.25, 0.3) is 11.8 Å². The van der Waals surface area contributed by atoms with Crippen molar-refractivity contribution in [1.82, 2.24) is 15.5 Å². The number of hydrogen-bond donors (Lipinski definition) is 3. The van der Waals surface area contributed by atoms with Crippen LogP contribution < -0.4 is 16.0 Å². The Hall–Kier alpha value is -3.68. The Morgan fingerprint density at radius 3 is 2.41 bits per heavy atom. The second-order valence-electron chi connectivity index (χ2n) is 8.03. The number of benzene rings is 2. The standard InChI is InChI=1S/C24H26N4O4/c1-2-13-25-22(30)15-7-9-16(10-8-15)27-20(29)14-26-23(31)21-18-5-3-4-6-19(18)24(32)28(21)17-11-12-17/h3-10,17,21H,2,11-14H2,1H3,(H,25,30)(H,26,31)(H,27,29). The normalized spacial score (nSPS) is 17.0. The van der Waals surface area contributed by atoms with E-state index in [1.54, 1.807) is 47.4 Å². The van der Waals surface area contributed by atoms with Crippen LogP contribution in [0.5, 0.6) is 0 Å². The zero-order valence-corrected chi connectivity index (χ0v) is 17.9. The molecule has 2 aromatic rings. The molecule has 1 saturated carbocycles. The minimum atomic E-state index is -0.708. The molecule has 8 nitrogen and oxygen atoms in total. The maximum Gasteiger partial charge on any atom is 0.255 e. The van der Waals surface area contributed by atoms with Crippen LogP contribution in [0.2, 0.25) is 0 Å². The number of carbonyl (C=O) groups excluding carboxylic acids is 4. The molecule has 32 heavy (non-hydrogen) atoms. The maximum absolute atomic E-state index is 12.9. The summed E-state index contributed by atoms with van der Waals surface area (Å²) < 4.78 is 0. The SMILES string of the molecule is CCCNC(=O)c1ccc(NC(=O)CNC(=O)C2c3ccccc3C(=O)N2C2CC2)cc1. The van der Waals surface area contributed by atoms with Gasteiger partial charge < -0.3 is 20.9 Å². The van der Waals surface area contributed by atoms with Gasteiger partial charge in [0.1, 0.15) is 6.04 Å². The van der Waals surface area contributed by atoms with Crippen LogP contribution in [0.3, 0.4) is 0 Å². The van der Waals surface area contributed by atoms with Crippen LogP contribution in [0.25, 0.3) is 0 Å². The fourth-order valence-electron chi connectivity index (χ4n) is 3.85. The fourth-order valence-corrected chi connectivity index (χ4v) is 3.85. The summed E-state index contributed by atoms with van der Waals surface area (Å²) in [6.07, 6.45) is 2.62. The van der Waals surface area contributed by atoms with Crippen LogP contribution in [0.1, 0.15) is 58.5 Å². The molecule has 8 heteroatoms. The molecule has 1 atom stereocenters. The monoisotopic (exact) mass is 434 g/mol. The number of hydrogen-bond acceptors (Lipinski definition) is 4. The maximum atomic E-state index is 12.9. The van der Waals surface area contributed by atoms with Crippen LogP contribution in [0.4, 0.5) is 5.69 Å². The van der Waals surface area contributed by atoms with Gasteiger partial charge in [0, 0.05) is 29.4 Å². The second kappa shape index (κ2) is 9.21. The van der Waals surface area contributed by atoms with Crippen molar-refractivity contribution in [1.29, 1.82) is 0 Å². The average molecular weight is 434 g/mol. The van der Waals surface area contributed by atoms with Gasteiger partial charge in [0.15, 0.2) is 0 Å². The highest BCUT2D eigenvalue weighted by atomic mass is 16.2. The lowest BCUT2D eigenvalue weighted by Crippen LogP contribution is -2.42. The van der Waals surface area contributed by atoms with Crippen molar-refractivity contribution in [2.75, 3.05) is 18.4 Å². The van der Waals surface area contributed by atoms with Gasteiger partial charge in [-0.25, -0.2) is 0 Å². The van der Waals surface area contributed by atoms with Crippen LogP contribution in [0.15, 0.2) is 48.5 Å². The first kappa shape index (κ1) is 21.5. The molecule has 0 spiro atoms. The van der Waals surface area contributed by atoms with Crippen LogP contribution >= 0.6 is 0 Å². The first-order chi connectivity index (χ1) is 15.5. The summed E-state index contributed by atoms with van der Waals surface area (Å²) in [6.45, 7) is 2.36. The summed E-state index contributed by atoms with van der Waals surface area (Å²) in [5.41, 5.74) is 2.26. The van der Waals surface area contributed by atoms with E-state index in [2.05, 4.69) is 16.0 Å². The Kier molecular flexibility index (Phi) is 6.20. The Labute approximate surface area is 186 Å². The van der Waals surface area contributed by atoms with Gasteiger partial charge in [-0.15, -0.1) is 0 Å². The van der Waals surface area contributed by atoms with Crippen molar-refractivity contribution in [2.45, 2.75) is 38.3 Å². The van der Waals surface area contributed by atoms with Crippen molar-refractivity contribution in [3.63, 3.8) is 0 Å². The summed E-state index contributed by atoms with van der Waals surface area (Å²) in [5, 5.41) is 8.16. The van der Waals surface area contributed by atoms with E-state index < -0.39 is 11.9 Å². The zero-order valence-electron chi connectivity index (χ0n) is 17.9. The third-order valence-electron chi connectivity index (χ3n) is 5.58. The van der Waals surface area contributed by atoms with E-state index in [1.807, 2.05) is 13.0 Å². The van der Waals surface area contributed by atoms with E-state index >= 15 is 0 Å². The summed E-state index contributed by atoms with van der Waals surface area (Å²) in [5.74, 6) is -1.05. The van der Waals surface area contributed by atoms with E-state index in [-0.39, 0.29) is 30.3 Å². The Bertz CT molecular complexity index is 1050. The van der Waals surface area contributed by atoms with Gasteiger partial charge in [-0.05, 0) is 55.2 Å². The molecule has 4 amide bonds. The Morgan fingerprint density at radius 1 is 1.00 bits per heavy atom. The minimum Gasteiger partial charge on any atom is -0.352 e. The molecule has 1 unspecified atom stereocenters. The number of nitrogens with one attached hydrogen (secondary N) is 3. The van der Waals surface area contributed by atoms with Crippen molar-refractivity contribution in [2.24, 2.45) is 0 Å². The van der Waals surface area contributed by atoms with Crippen molar-refractivity contribution >= 4 is 29.3 Å². The molecule has 2 aliphatic rings. The topological polar surface area (TPSA) is 108 Å². The van der Waals surface area contributed by atoms with E-state index in [1.165, 1.54) is 0 Å². The first-order valence-corrected chi connectivity index (χ1v) is 10.9. The predicted molar refractivity (Wildman–Crippen MR) is 119 cm³/mol. The van der Waals surface area contributed by atoms with Crippen molar-refractivity contribution < 1.29 is 19.2 Å². The molecule has 3 N–H and O–H groups in total. The summed E-state index contributed by atoms with van der Waals surface area (Å²) in [6, 6.07) is 13.0. The predicted octanol–water partition coefficient (Wildman–Crippen LogP) is 2.24. The highest BCUT2D eigenvalue weighted by Crippen LogP contribution is 2.41. The smallest absolute Gasteiger partial charge is 0.255 e. The Balaban J connectivity index is 1.34. The minimum absolute atomic E-state index is 0.0764.